The van der Waals surface area contributed by atoms with Crippen LogP contribution in [0.4, 0.5) is 0 Å². The van der Waals surface area contributed by atoms with Crippen molar-refractivity contribution in [3.8, 4) is 11.4 Å². The zero-order valence-corrected chi connectivity index (χ0v) is 10.6. The van der Waals surface area contributed by atoms with Crippen molar-refractivity contribution in [3.63, 3.8) is 0 Å². The summed E-state index contributed by atoms with van der Waals surface area (Å²) in [5.41, 5.74) is 4.64. The summed E-state index contributed by atoms with van der Waals surface area (Å²) in [5, 5.41) is 0. The Kier molecular flexibility index (Phi) is 1.29. The van der Waals surface area contributed by atoms with E-state index in [9.17, 15) is 0 Å². The van der Waals surface area contributed by atoms with E-state index < -0.39 is 6.98 Å². The Balaban J connectivity index is 2.01. The molecule has 1 aromatic carbocycles. The molecule has 4 heterocycles. The summed E-state index contributed by atoms with van der Waals surface area (Å²) >= 11 is 0. The molecule has 0 aliphatic carbocycles. The molecule has 0 saturated heterocycles. The van der Waals surface area contributed by atoms with E-state index in [0.717, 1.165) is 33.5 Å². The zero-order valence-electron chi connectivity index (χ0n) is 13.6. The highest BCUT2D eigenvalue weighted by molar-refractivity contribution is 5.91. The molecule has 5 rings (SSSR count). The van der Waals surface area contributed by atoms with Crippen LogP contribution < -0.4 is 4.57 Å². The van der Waals surface area contributed by atoms with Crippen LogP contribution in [0.2, 0.25) is 0 Å². The van der Waals surface area contributed by atoms with E-state index in [1.54, 1.807) is 12.5 Å². The second-order valence-corrected chi connectivity index (χ2v) is 5.14. The maximum Gasteiger partial charge on any atom is 0.290 e. The molecule has 1 aliphatic rings. The average Bonchev–Trinajstić information content (AvgIpc) is 3.13. The van der Waals surface area contributed by atoms with Gasteiger partial charge in [0.25, 0.3) is 5.82 Å². The fraction of sp³-hybridized carbons (Fsp3) is 0.125. The lowest BCUT2D eigenvalue weighted by molar-refractivity contribution is -0.633. The van der Waals surface area contributed by atoms with Gasteiger partial charge in [0.1, 0.15) is 6.54 Å². The van der Waals surface area contributed by atoms with Crippen molar-refractivity contribution in [1.29, 1.82) is 0 Å². The molecule has 0 fully saturated rings. The number of rotatable bonds is 0. The number of fused-ring (bicyclic) bond motifs is 7. The van der Waals surface area contributed by atoms with E-state index in [-0.39, 0.29) is 0 Å². The molecule has 1 aliphatic heterocycles. The lowest BCUT2D eigenvalue weighted by Gasteiger charge is -1.96. The smallest absolute Gasteiger partial charge is 0.290 e. The topological polar surface area (TPSA) is 26.1 Å². The van der Waals surface area contributed by atoms with Crippen LogP contribution in [0.1, 0.15) is 9.68 Å². The lowest BCUT2D eigenvalue weighted by Crippen LogP contribution is -2.29. The van der Waals surface area contributed by atoms with Crippen LogP contribution in [0.5, 0.6) is 0 Å². The van der Waals surface area contributed by atoms with Gasteiger partial charge in [0.15, 0.2) is 11.0 Å². The summed E-state index contributed by atoms with van der Waals surface area (Å²) in [5.74, 6) is 0.755. The number of aryl methyl sites for hydroxylation is 1. The van der Waals surface area contributed by atoms with E-state index in [1.165, 1.54) is 4.57 Å². The molecule has 4 nitrogen and oxygen atoms in total. The van der Waals surface area contributed by atoms with Crippen molar-refractivity contribution in [3.05, 3.63) is 54.6 Å². The summed E-state index contributed by atoms with van der Waals surface area (Å²) in [6.45, 7) is -1.56. The molecule has 4 heteroatoms. The standard InChI is InChI=1S/C16H13N4/c1-18-15-13-6-7-17-10-19(13)9-14(15)20-8-11-4-2-3-5-12(11)16(18)20/h2-7,9-10H,8H2,1H3/q+1/i1D3. The fourth-order valence-corrected chi connectivity index (χ4v) is 3.24. The number of benzene rings is 1. The van der Waals surface area contributed by atoms with Crippen molar-refractivity contribution >= 4 is 16.6 Å². The van der Waals surface area contributed by atoms with Gasteiger partial charge in [-0.05, 0) is 12.1 Å². The van der Waals surface area contributed by atoms with Crippen molar-refractivity contribution in [2.45, 2.75) is 6.54 Å². The van der Waals surface area contributed by atoms with Crippen LogP contribution in [0.15, 0.2) is 49.1 Å². The summed E-state index contributed by atoms with van der Waals surface area (Å²) < 4.78 is 29.6. The molecule has 0 saturated carbocycles. The Morgan fingerprint density at radius 3 is 3.15 bits per heavy atom. The number of imidazole rings is 1. The SMILES string of the molecule is [2H]C([2H])([2H])[n+]1c2n(c3cn4cnccc4c31)Cc1ccccc1-2. The molecule has 0 unspecified atom stereocenters. The van der Waals surface area contributed by atoms with E-state index in [0.29, 0.717) is 6.54 Å². The molecule has 0 atom stereocenters. The van der Waals surface area contributed by atoms with Gasteiger partial charge in [0.05, 0.1) is 34.7 Å². The molecule has 0 spiro atoms. The van der Waals surface area contributed by atoms with Gasteiger partial charge in [0.2, 0.25) is 0 Å². The number of hydrogen-bond acceptors (Lipinski definition) is 1. The first-order chi connectivity index (χ1) is 11.1. The van der Waals surface area contributed by atoms with Gasteiger partial charge in [-0.15, -0.1) is 0 Å². The summed E-state index contributed by atoms with van der Waals surface area (Å²) in [7, 11) is 0. The second kappa shape index (κ2) is 3.28. The van der Waals surface area contributed by atoms with Crippen LogP contribution >= 0.6 is 0 Å². The van der Waals surface area contributed by atoms with Crippen LogP contribution in [-0.2, 0) is 13.5 Å². The minimum Gasteiger partial charge on any atom is -0.299 e. The maximum absolute atomic E-state index is 8.05. The first-order valence-electron chi connectivity index (χ1n) is 8.03. The van der Waals surface area contributed by atoms with Gasteiger partial charge in [-0.3, -0.25) is 4.40 Å². The Morgan fingerprint density at radius 2 is 2.20 bits per heavy atom. The minimum atomic E-state index is -2.25. The zero-order chi connectivity index (χ0) is 15.8. The predicted molar refractivity (Wildman–Crippen MR) is 76.4 cm³/mol. The largest absolute Gasteiger partial charge is 0.299 e. The van der Waals surface area contributed by atoms with Crippen molar-refractivity contribution < 1.29 is 8.68 Å². The Labute approximate surface area is 119 Å². The molecule has 20 heavy (non-hydrogen) atoms. The van der Waals surface area contributed by atoms with Gasteiger partial charge in [-0.2, -0.15) is 0 Å². The van der Waals surface area contributed by atoms with Crippen molar-refractivity contribution in [2.75, 3.05) is 0 Å². The average molecular weight is 264 g/mol. The van der Waals surface area contributed by atoms with E-state index in [4.69, 9.17) is 4.11 Å². The number of aromatic nitrogens is 4. The summed E-state index contributed by atoms with van der Waals surface area (Å²) in [6.07, 6.45) is 5.35. The van der Waals surface area contributed by atoms with Gasteiger partial charge < -0.3 is 0 Å². The van der Waals surface area contributed by atoms with E-state index >= 15 is 0 Å². The third-order valence-corrected chi connectivity index (χ3v) is 4.10. The highest BCUT2D eigenvalue weighted by atomic mass is 15.2. The van der Waals surface area contributed by atoms with Crippen LogP contribution in [0, 0.1) is 0 Å². The summed E-state index contributed by atoms with van der Waals surface area (Å²) in [6, 6.07) is 9.84. The highest BCUT2D eigenvalue weighted by Crippen LogP contribution is 2.34. The molecule has 0 amide bonds. The van der Waals surface area contributed by atoms with Crippen molar-refractivity contribution in [1.82, 2.24) is 14.0 Å². The van der Waals surface area contributed by atoms with Gasteiger partial charge >= 0.3 is 0 Å². The molecular weight excluding hydrogens is 248 g/mol. The van der Waals surface area contributed by atoms with Crippen LogP contribution in [-0.4, -0.2) is 14.0 Å². The monoisotopic (exact) mass is 264 g/mol. The minimum absolute atomic E-state index is 0.690. The lowest BCUT2D eigenvalue weighted by atomic mass is 10.1. The Bertz CT molecular complexity index is 1090. The number of nitrogens with zero attached hydrogens (tertiary/aromatic N) is 4. The Morgan fingerprint density at radius 1 is 1.25 bits per heavy atom. The van der Waals surface area contributed by atoms with Gasteiger partial charge in [0, 0.05) is 11.8 Å². The first-order valence-corrected chi connectivity index (χ1v) is 6.53. The van der Waals surface area contributed by atoms with Gasteiger partial charge in [-0.25, -0.2) is 14.1 Å². The van der Waals surface area contributed by atoms with E-state index in [2.05, 4.69) is 15.6 Å². The molecule has 0 bridgehead atoms. The molecule has 0 radical (unpaired) electrons. The predicted octanol–water partition coefficient (Wildman–Crippen LogP) is 2.14. The molecule has 3 aromatic heterocycles. The van der Waals surface area contributed by atoms with Crippen LogP contribution in [0.3, 0.4) is 0 Å². The third kappa shape index (κ3) is 1.04. The molecule has 4 aromatic rings. The second-order valence-electron chi connectivity index (χ2n) is 5.14. The quantitative estimate of drug-likeness (QED) is 0.394. The molecule has 96 valence electrons. The maximum atomic E-state index is 8.05. The molecule has 0 N–H and O–H groups in total. The van der Waals surface area contributed by atoms with Crippen LogP contribution in [0.25, 0.3) is 27.9 Å². The summed E-state index contributed by atoms with van der Waals surface area (Å²) in [4.78, 5) is 4.12. The third-order valence-electron chi connectivity index (χ3n) is 4.10. The fourth-order valence-electron chi connectivity index (χ4n) is 3.24. The first kappa shape index (κ1) is 7.85. The van der Waals surface area contributed by atoms with E-state index in [1.807, 2.05) is 34.9 Å². The number of hydrogen-bond donors (Lipinski definition) is 0. The highest BCUT2D eigenvalue weighted by Gasteiger charge is 2.33. The van der Waals surface area contributed by atoms with Crippen molar-refractivity contribution in [2.24, 2.45) is 6.98 Å². The Hall–Kier alpha value is -2.62. The van der Waals surface area contributed by atoms with Gasteiger partial charge in [-0.1, -0.05) is 18.2 Å². The molecular formula is C16H13N4+. The normalized spacial score (nSPS) is 15.9.